The summed E-state index contributed by atoms with van der Waals surface area (Å²) < 4.78 is 18.6. The number of alkyl halides is 1. The van der Waals surface area contributed by atoms with Crippen molar-refractivity contribution in [3.05, 3.63) is 29.6 Å². The lowest BCUT2D eigenvalue weighted by molar-refractivity contribution is 0.410. The van der Waals surface area contributed by atoms with Crippen LogP contribution in [-0.4, -0.2) is 7.11 Å². The van der Waals surface area contributed by atoms with Crippen molar-refractivity contribution in [3.63, 3.8) is 0 Å². The number of halogens is 2. The Kier molecular flexibility index (Phi) is 5.61. The van der Waals surface area contributed by atoms with Crippen molar-refractivity contribution >= 4 is 11.6 Å². The minimum atomic E-state index is -0.282. The van der Waals surface area contributed by atoms with Gasteiger partial charge in [0.25, 0.3) is 0 Å². The van der Waals surface area contributed by atoms with Gasteiger partial charge in [0.1, 0.15) is 11.6 Å². The smallest absolute Gasteiger partial charge is 0.131 e. The molecule has 0 spiro atoms. The maximum atomic E-state index is 13.6. The molecule has 0 heterocycles. The maximum Gasteiger partial charge on any atom is 0.131 e. The summed E-state index contributed by atoms with van der Waals surface area (Å²) in [5, 5.41) is -0.238. The zero-order valence-electron chi connectivity index (χ0n) is 9.80. The van der Waals surface area contributed by atoms with Gasteiger partial charge in [-0.1, -0.05) is 32.3 Å². The Morgan fingerprint density at radius 2 is 2.12 bits per heavy atom. The van der Waals surface area contributed by atoms with E-state index in [1.54, 1.807) is 12.1 Å². The predicted octanol–water partition coefficient (Wildman–Crippen LogP) is 4.69. The fourth-order valence-corrected chi connectivity index (χ4v) is 1.95. The molecule has 0 saturated carbocycles. The molecule has 0 aromatic heterocycles. The molecule has 0 aliphatic heterocycles. The van der Waals surface area contributed by atoms with Crippen molar-refractivity contribution in [3.8, 4) is 5.75 Å². The Morgan fingerprint density at radius 3 is 2.69 bits per heavy atom. The van der Waals surface area contributed by atoms with Gasteiger partial charge in [-0.15, -0.1) is 11.6 Å². The minimum absolute atomic E-state index is 0.238. The van der Waals surface area contributed by atoms with Crippen molar-refractivity contribution in [1.29, 1.82) is 0 Å². The molecule has 1 nitrogen and oxygen atoms in total. The van der Waals surface area contributed by atoms with Crippen LogP contribution in [-0.2, 0) is 0 Å². The Morgan fingerprint density at radius 1 is 1.38 bits per heavy atom. The van der Waals surface area contributed by atoms with Crippen LogP contribution in [0.3, 0.4) is 0 Å². The van der Waals surface area contributed by atoms with Crippen LogP contribution in [0.25, 0.3) is 0 Å². The topological polar surface area (TPSA) is 9.23 Å². The van der Waals surface area contributed by atoms with Crippen molar-refractivity contribution in [1.82, 2.24) is 0 Å². The third-order valence-corrected chi connectivity index (χ3v) is 3.06. The average Bonchev–Trinajstić information content (AvgIpc) is 2.29. The van der Waals surface area contributed by atoms with Gasteiger partial charge in [-0.3, -0.25) is 0 Å². The number of methoxy groups -OCH3 is 1. The summed E-state index contributed by atoms with van der Waals surface area (Å²) in [7, 11) is 1.52. The van der Waals surface area contributed by atoms with Crippen LogP contribution in [0.1, 0.15) is 43.5 Å². The van der Waals surface area contributed by atoms with Gasteiger partial charge < -0.3 is 4.74 Å². The normalized spacial score (nSPS) is 12.5. The average molecular weight is 245 g/mol. The first-order valence-electron chi connectivity index (χ1n) is 5.66. The van der Waals surface area contributed by atoms with E-state index in [1.165, 1.54) is 13.2 Å². The molecule has 1 atom stereocenters. The van der Waals surface area contributed by atoms with E-state index in [2.05, 4.69) is 6.92 Å². The predicted molar refractivity (Wildman–Crippen MR) is 65.7 cm³/mol. The molecule has 90 valence electrons. The molecule has 1 unspecified atom stereocenters. The van der Waals surface area contributed by atoms with Crippen molar-refractivity contribution in [2.24, 2.45) is 0 Å². The number of hydrogen-bond acceptors (Lipinski definition) is 1. The van der Waals surface area contributed by atoms with E-state index in [-0.39, 0.29) is 11.2 Å². The fraction of sp³-hybridized carbons (Fsp3) is 0.538. The number of hydrogen-bond donors (Lipinski definition) is 0. The molecule has 1 aromatic rings. The highest BCUT2D eigenvalue weighted by atomic mass is 35.5. The van der Waals surface area contributed by atoms with E-state index >= 15 is 0 Å². The molecule has 0 fully saturated rings. The van der Waals surface area contributed by atoms with Crippen LogP contribution >= 0.6 is 11.6 Å². The van der Waals surface area contributed by atoms with Crippen LogP contribution < -0.4 is 4.74 Å². The van der Waals surface area contributed by atoms with Gasteiger partial charge in [0, 0.05) is 11.6 Å². The lowest BCUT2D eigenvalue weighted by atomic mass is 10.1. The van der Waals surface area contributed by atoms with Gasteiger partial charge >= 0.3 is 0 Å². The first kappa shape index (κ1) is 13.3. The fourth-order valence-electron chi connectivity index (χ4n) is 1.62. The van der Waals surface area contributed by atoms with E-state index in [9.17, 15) is 4.39 Å². The second-order valence-electron chi connectivity index (χ2n) is 3.85. The number of ether oxygens (including phenoxy) is 1. The SMILES string of the molecule is CCCCCC(Cl)c1ccc(OC)cc1F. The molecule has 0 aliphatic rings. The highest BCUT2D eigenvalue weighted by molar-refractivity contribution is 6.20. The summed E-state index contributed by atoms with van der Waals surface area (Å²) in [5.74, 6) is 0.245. The molecule has 0 N–H and O–H groups in total. The number of benzene rings is 1. The quantitative estimate of drug-likeness (QED) is 0.521. The molecule has 1 rings (SSSR count). The summed E-state index contributed by atoms with van der Waals surface area (Å²) in [6, 6.07) is 4.83. The third-order valence-electron chi connectivity index (χ3n) is 2.61. The van der Waals surface area contributed by atoms with Gasteiger partial charge in [-0.25, -0.2) is 4.39 Å². The summed E-state index contributed by atoms with van der Waals surface area (Å²) in [4.78, 5) is 0. The highest BCUT2D eigenvalue weighted by Gasteiger charge is 2.13. The maximum absolute atomic E-state index is 13.6. The minimum Gasteiger partial charge on any atom is -0.497 e. The Labute approximate surface area is 102 Å². The van der Waals surface area contributed by atoms with Crippen molar-refractivity contribution < 1.29 is 9.13 Å². The van der Waals surface area contributed by atoms with Crippen molar-refractivity contribution in [2.75, 3.05) is 7.11 Å². The third kappa shape index (κ3) is 3.67. The standard InChI is InChI=1S/C13H18ClFO/c1-3-4-5-6-12(14)11-8-7-10(16-2)9-13(11)15/h7-9,12H,3-6H2,1-2H3. The van der Waals surface area contributed by atoms with Gasteiger partial charge in [-0.2, -0.15) is 0 Å². The van der Waals surface area contributed by atoms with Gasteiger partial charge in [0.15, 0.2) is 0 Å². The molecule has 1 aromatic carbocycles. The molecule has 0 saturated heterocycles. The zero-order valence-corrected chi connectivity index (χ0v) is 10.6. The summed E-state index contributed by atoms with van der Waals surface area (Å²) in [5.41, 5.74) is 0.568. The van der Waals surface area contributed by atoms with Crippen LogP contribution in [0, 0.1) is 5.82 Å². The van der Waals surface area contributed by atoms with E-state index in [0.717, 1.165) is 25.7 Å². The van der Waals surface area contributed by atoms with Crippen LogP contribution in [0.4, 0.5) is 4.39 Å². The first-order valence-corrected chi connectivity index (χ1v) is 6.10. The van der Waals surface area contributed by atoms with E-state index < -0.39 is 0 Å². The monoisotopic (exact) mass is 244 g/mol. The van der Waals surface area contributed by atoms with Crippen LogP contribution in [0.5, 0.6) is 5.75 Å². The Hall–Kier alpha value is -0.760. The summed E-state index contributed by atoms with van der Waals surface area (Å²) >= 11 is 6.16. The van der Waals surface area contributed by atoms with Crippen LogP contribution in [0.2, 0.25) is 0 Å². The lowest BCUT2D eigenvalue weighted by Crippen LogP contribution is -1.96. The van der Waals surface area contributed by atoms with E-state index in [1.807, 2.05) is 0 Å². The summed E-state index contributed by atoms with van der Waals surface area (Å²) in [6.45, 7) is 2.14. The Balaban J connectivity index is 2.64. The molecule has 0 aliphatic carbocycles. The molecular weight excluding hydrogens is 227 g/mol. The molecule has 3 heteroatoms. The van der Waals surface area contributed by atoms with Gasteiger partial charge in [-0.05, 0) is 12.5 Å². The Bertz CT molecular complexity index is 328. The first-order chi connectivity index (χ1) is 7.69. The second kappa shape index (κ2) is 6.74. The molecule has 16 heavy (non-hydrogen) atoms. The molecular formula is C13H18ClFO. The molecule has 0 radical (unpaired) electrons. The van der Waals surface area contributed by atoms with Gasteiger partial charge in [0.2, 0.25) is 0 Å². The van der Waals surface area contributed by atoms with Gasteiger partial charge in [0.05, 0.1) is 12.5 Å². The van der Waals surface area contributed by atoms with E-state index in [4.69, 9.17) is 16.3 Å². The zero-order chi connectivity index (χ0) is 12.0. The number of rotatable bonds is 6. The molecule has 0 amide bonds. The van der Waals surface area contributed by atoms with Crippen molar-refractivity contribution in [2.45, 2.75) is 38.0 Å². The van der Waals surface area contributed by atoms with Crippen LogP contribution in [0.15, 0.2) is 18.2 Å². The largest absolute Gasteiger partial charge is 0.497 e. The number of unbranched alkanes of at least 4 members (excludes halogenated alkanes) is 2. The highest BCUT2D eigenvalue weighted by Crippen LogP contribution is 2.30. The second-order valence-corrected chi connectivity index (χ2v) is 4.38. The summed E-state index contributed by atoms with van der Waals surface area (Å²) in [6.07, 6.45) is 4.14. The molecule has 0 bridgehead atoms. The van der Waals surface area contributed by atoms with E-state index in [0.29, 0.717) is 11.3 Å². The lowest BCUT2D eigenvalue weighted by Gasteiger charge is -2.11.